The van der Waals surface area contributed by atoms with E-state index in [1.165, 1.54) is 0 Å². The molecule has 0 spiro atoms. The summed E-state index contributed by atoms with van der Waals surface area (Å²) in [7, 11) is 0. The highest BCUT2D eigenvalue weighted by atomic mass is 14.9. The van der Waals surface area contributed by atoms with Crippen molar-refractivity contribution in [1.82, 2.24) is 4.98 Å². The first-order chi connectivity index (χ1) is 4.70. The molecule has 0 unspecified atom stereocenters. The molecule has 0 saturated heterocycles. The highest BCUT2D eigenvalue weighted by Crippen LogP contribution is 2.04. The number of rotatable bonds is 1. The lowest BCUT2D eigenvalue weighted by Crippen LogP contribution is -2.20. The summed E-state index contributed by atoms with van der Waals surface area (Å²) >= 11 is 0. The highest BCUT2D eigenvalue weighted by Gasteiger charge is 1.97. The molecule has 0 aromatic carbocycles. The Morgan fingerprint density at radius 2 is 2.10 bits per heavy atom. The van der Waals surface area contributed by atoms with Crippen LogP contribution in [0.1, 0.15) is 17.3 Å². The number of nitrogens with two attached hydrogens (primary N) is 2. The Balaban J connectivity index is 2.96. The monoisotopic (exact) mass is 137 g/mol. The van der Waals surface area contributed by atoms with E-state index in [9.17, 15) is 0 Å². The molecule has 3 nitrogen and oxygen atoms in total. The average molecular weight is 137 g/mol. The van der Waals surface area contributed by atoms with Crippen molar-refractivity contribution in [2.75, 3.05) is 0 Å². The molecule has 0 atom stereocenters. The number of hydrogen-bond donors (Lipinski definition) is 2. The summed E-state index contributed by atoms with van der Waals surface area (Å²) in [6, 6.07) is 1.93. The molecule has 0 aliphatic carbocycles. The van der Waals surface area contributed by atoms with Crippen LogP contribution in [-0.2, 0) is 0 Å². The summed E-state index contributed by atoms with van der Waals surface area (Å²) in [5.41, 5.74) is 12.8. The molecule has 1 rings (SSSR count). The molecule has 0 radical (unpaired) electrons. The predicted molar refractivity (Wildman–Crippen MR) is 40.1 cm³/mol. The summed E-state index contributed by atoms with van der Waals surface area (Å²) in [5.74, 6) is 0. The summed E-state index contributed by atoms with van der Waals surface area (Å²) in [5, 5.41) is 0. The molecule has 4 N–H and O–H groups in total. The summed E-state index contributed by atoms with van der Waals surface area (Å²) in [6.45, 7) is 1.96. The molecule has 0 aliphatic heterocycles. The van der Waals surface area contributed by atoms with E-state index >= 15 is 0 Å². The zero-order valence-corrected chi connectivity index (χ0v) is 5.91. The average Bonchev–Trinajstić information content (AvgIpc) is 1.88. The Bertz CT molecular complexity index is 220. The highest BCUT2D eigenvalue weighted by molar-refractivity contribution is 5.18. The third kappa shape index (κ3) is 1.52. The van der Waals surface area contributed by atoms with Gasteiger partial charge < -0.3 is 11.5 Å². The van der Waals surface area contributed by atoms with Crippen LogP contribution in [0.15, 0.2) is 18.5 Å². The number of aromatic nitrogens is 1. The van der Waals surface area contributed by atoms with Crippen molar-refractivity contribution in [2.45, 2.75) is 13.1 Å². The van der Waals surface area contributed by atoms with Crippen molar-refractivity contribution < 1.29 is 0 Å². The Labute approximate surface area is 60.1 Å². The molecule has 10 heavy (non-hydrogen) atoms. The van der Waals surface area contributed by atoms with Gasteiger partial charge in [-0.05, 0) is 12.5 Å². The quantitative estimate of drug-likeness (QED) is 0.547. The van der Waals surface area contributed by atoms with Crippen molar-refractivity contribution in [3.8, 4) is 0 Å². The number of aryl methyl sites for hydroxylation is 1. The topological polar surface area (TPSA) is 64.9 Å². The van der Waals surface area contributed by atoms with Crippen LogP contribution < -0.4 is 11.5 Å². The normalized spacial score (nSPS) is 10.4. The van der Waals surface area contributed by atoms with Gasteiger partial charge in [-0.15, -0.1) is 0 Å². The van der Waals surface area contributed by atoms with Crippen LogP contribution in [0, 0.1) is 6.92 Å². The lowest BCUT2D eigenvalue weighted by molar-refractivity contribution is 0.767. The van der Waals surface area contributed by atoms with Gasteiger partial charge in [-0.3, -0.25) is 4.98 Å². The van der Waals surface area contributed by atoms with Gasteiger partial charge in [0, 0.05) is 18.0 Å². The van der Waals surface area contributed by atoms with E-state index in [0.717, 1.165) is 11.1 Å². The minimum Gasteiger partial charge on any atom is -0.312 e. The number of nitrogens with zero attached hydrogens (tertiary/aromatic N) is 1. The van der Waals surface area contributed by atoms with Crippen molar-refractivity contribution >= 4 is 0 Å². The van der Waals surface area contributed by atoms with Gasteiger partial charge in [-0.25, -0.2) is 0 Å². The Kier molecular flexibility index (Phi) is 1.99. The van der Waals surface area contributed by atoms with Crippen LogP contribution in [0.2, 0.25) is 0 Å². The zero-order valence-electron chi connectivity index (χ0n) is 5.91. The second-order valence-corrected chi connectivity index (χ2v) is 2.32. The largest absolute Gasteiger partial charge is 0.312 e. The molecule has 3 heteroatoms. The van der Waals surface area contributed by atoms with Gasteiger partial charge in [-0.1, -0.05) is 6.07 Å². The van der Waals surface area contributed by atoms with Crippen LogP contribution in [-0.4, -0.2) is 4.98 Å². The Morgan fingerprint density at radius 1 is 1.40 bits per heavy atom. The minimum atomic E-state index is -0.410. The van der Waals surface area contributed by atoms with Gasteiger partial charge in [0.1, 0.15) is 0 Å². The van der Waals surface area contributed by atoms with E-state index in [2.05, 4.69) is 4.98 Å². The van der Waals surface area contributed by atoms with Crippen molar-refractivity contribution in [2.24, 2.45) is 11.5 Å². The number of pyridine rings is 1. The SMILES string of the molecule is Cc1cncc(C(N)N)c1. The smallest absolute Gasteiger partial charge is 0.0799 e. The van der Waals surface area contributed by atoms with Crippen LogP contribution in [0.3, 0.4) is 0 Å². The molecule has 0 aliphatic rings. The second kappa shape index (κ2) is 2.77. The molecular formula is C7H11N3. The fourth-order valence-electron chi connectivity index (χ4n) is 0.761. The van der Waals surface area contributed by atoms with Gasteiger partial charge >= 0.3 is 0 Å². The van der Waals surface area contributed by atoms with Crippen molar-refractivity contribution in [3.63, 3.8) is 0 Å². The van der Waals surface area contributed by atoms with Crippen molar-refractivity contribution in [3.05, 3.63) is 29.6 Å². The molecule has 54 valence electrons. The van der Waals surface area contributed by atoms with E-state index in [-0.39, 0.29) is 0 Å². The maximum Gasteiger partial charge on any atom is 0.0799 e. The van der Waals surface area contributed by atoms with Gasteiger partial charge in [0.25, 0.3) is 0 Å². The van der Waals surface area contributed by atoms with E-state index in [1.54, 1.807) is 12.4 Å². The molecule has 1 aromatic heterocycles. The molecule has 0 saturated carbocycles. The molecular weight excluding hydrogens is 126 g/mol. The molecule has 1 aromatic rings. The lowest BCUT2D eigenvalue weighted by Gasteiger charge is -2.04. The standard InChI is InChI=1S/C7H11N3/c1-5-2-6(7(8)9)4-10-3-5/h2-4,7H,8-9H2,1H3. The number of hydrogen-bond acceptors (Lipinski definition) is 3. The molecule has 0 fully saturated rings. The maximum absolute atomic E-state index is 5.42. The zero-order chi connectivity index (χ0) is 7.56. The van der Waals surface area contributed by atoms with E-state index in [0.29, 0.717) is 0 Å². The summed E-state index contributed by atoms with van der Waals surface area (Å²) in [6.07, 6.45) is 3.04. The minimum absolute atomic E-state index is 0.410. The van der Waals surface area contributed by atoms with E-state index in [1.807, 2.05) is 13.0 Å². The van der Waals surface area contributed by atoms with Crippen LogP contribution in [0.25, 0.3) is 0 Å². The summed E-state index contributed by atoms with van der Waals surface area (Å²) < 4.78 is 0. The third-order valence-corrected chi connectivity index (χ3v) is 1.28. The fraction of sp³-hybridized carbons (Fsp3) is 0.286. The van der Waals surface area contributed by atoms with E-state index < -0.39 is 6.17 Å². The molecule has 0 amide bonds. The van der Waals surface area contributed by atoms with Crippen molar-refractivity contribution in [1.29, 1.82) is 0 Å². The molecule has 0 bridgehead atoms. The van der Waals surface area contributed by atoms with Crippen LogP contribution in [0.4, 0.5) is 0 Å². The van der Waals surface area contributed by atoms with Gasteiger partial charge in [0.2, 0.25) is 0 Å². The second-order valence-electron chi connectivity index (χ2n) is 2.32. The fourth-order valence-corrected chi connectivity index (χ4v) is 0.761. The maximum atomic E-state index is 5.42. The molecule has 1 heterocycles. The lowest BCUT2D eigenvalue weighted by atomic mass is 10.2. The van der Waals surface area contributed by atoms with Gasteiger partial charge in [0.15, 0.2) is 0 Å². The van der Waals surface area contributed by atoms with E-state index in [4.69, 9.17) is 11.5 Å². The van der Waals surface area contributed by atoms with Gasteiger partial charge in [0.05, 0.1) is 6.17 Å². The summed E-state index contributed by atoms with van der Waals surface area (Å²) in [4.78, 5) is 3.95. The van der Waals surface area contributed by atoms with Gasteiger partial charge in [-0.2, -0.15) is 0 Å². The first kappa shape index (κ1) is 7.18. The first-order valence-electron chi connectivity index (χ1n) is 3.13. The predicted octanol–water partition coefficient (Wildman–Crippen LogP) is 0.306. The Morgan fingerprint density at radius 3 is 2.50 bits per heavy atom. The third-order valence-electron chi connectivity index (χ3n) is 1.28. The van der Waals surface area contributed by atoms with Crippen LogP contribution >= 0.6 is 0 Å². The Hall–Kier alpha value is -0.930. The van der Waals surface area contributed by atoms with Crippen LogP contribution in [0.5, 0.6) is 0 Å². The first-order valence-corrected chi connectivity index (χ1v) is 3.13.